The maximum Gasteiger partial charge on any atom is 0.173 e. The van der Waals surface area contributed by atoms with Gasteiger partial charge in [-0.05, 0) is 42.7 Å². The van der Waals surface area contributed by atoms with Crippen LogP contribution >= 0.6 is 11.9 Å². The highest BCUT2D eigenvalue weighted by Crippen LogP contribution is 2.28. The normalized spacial score (nSPS) is 17.3. The van der Waals surface area contributed by atoms with Crippen molar-refractivity contribution >= 4 is 23.3 Å². The molecule has 1 atom stereocenters. The molecule has 130 valence electrons. The number of hydrogen-bond acceptors (Lipinski definition) is 5. The van der Waals surface area contributed by atoms with Crippen LogP contribution in [-0.4, -0.2) is 11.9 Å². The molecule has 0 radical (unpaired) electrons. The Balaban J connectivity index is 2.12. The molecule has 5 N–H and O–H groups in total. The van der Waals surface area contributed by atoms with Crippen molar-refractivity contribution in [1.29, 1.82) is 0 Å². The lowest BCUT2D eigenvalue weighted by molar-refractivity contribution is 0.593. The van der Waals surface area contributed by atoms with Gasteiger partial charge in [-0.15, -0.1) is 0 Å². The average molecular weight is 352 g/mol. The van der Waals surface area contributed by atoms with Crippen LogP contribution in [0.15, 0.2) is 47.8 Å². The summed E-state index contributed by atoms with van der Waals surface area (Å²) >= 11 is 1.39. The molecule has 1 unspecified atom stereocenters. The van der Waals surface area contributed by atoms with E-state index >= 15 is 0 Å². The van der Waals surface area contributed by atoms with Crippen LogP contribution in [0, 0.1) is 11.6 Å². The zero-order chi connectivity index (χ0) is 17.5. The summed E-state index contributed by atoms with van der Waals surface area (Å²) in [5.74, 6) is -0.444. The average Bonchev–Trinajstić information content (AvgIpc) is 2.57. The number of allylic oxidation sites excluding steroid dienone is 3. The van der Waals surface area contributed by atoms with E-state index in [9.17, 15) is 8.78 Å². The summed E-state index contributed by atoms with van der Waals surface area (Å²) in [6.45, 7) is 3.88. The van der Waals surface area contributed by atoms with Crippen molar-refractivity contribution in [2.24, 2.45) is 5.73 Å². The first-order valence-electron chi connectivity index (χ1n) is 7.72. The maximum atomic E-state index is 14.4. The highest BCUT2D eigenvalue weighted by atomic mass is 32.2. The van der Waals surface area contributed by atoms with Gasteiger partial charge in [-0.2, -0.15) is 0 Å². The van der Waals surface area contributed by atoms with Crippen LogP contribution in [0.5, 0.6) is 0 Å². The molecular weight excluding hydrogens is 330 g/mol. The number of dihydropyridines is 1. The zero-order valence-electron chi connectivity index (χ0n) is 13.7. The molecule has 1 heterocycles. The molecule has 24 heavy (non-hydrogen) atoms. The van der Waals surface area contributed by atoms with Gasteiger partial charge < -0.3 is 21.1 Å². The van der Waals surface area contributed by atoms with Crippen molar-refractivity contribution in [3.05, 3.63) is 59.5 Å². The van der Waals surface area contributed by atoms with Crippen LogP contribution in [0.1, 0.15) is 20.3 Å². The summed E-state index contributed by atoms with van der Waals surface area (Å²) in [6.07, 6.45) is 7.76. The van der Waals surface area contributed by atoms with Crippen LogP contribution in [0.3, 0.4) is 0 Å². The molecule has 1 aliphatic rings. The summed E-state index contributed by atoms with van der Waals surface area (Å²) in [4.78, 5) is 0. The minimum Gasteiger partial charge on any atom is -0.372 e. The van der Waals surface area contributed by atoms with Gasteiger partial charge in [0.05, 0.1) is 11.9 Å². The number of nitrogens with two attached hydrogens (primary N) is 1. The molecule has 0 spiro atoms. The lowest BCUT2D eigenvalue weighted by Gasteiger charge is -2.15. The maximum absolute atomic E-state index is 14.4. The fraction of sp³-hybridized carbons (Fsp3) is 0.294. The van der Waals surface area contributed by atoms with Gasteiger partial charge in [0, 0.05) is 18.2 Å². The lowest BCUT2D eigenvalue weighted by Crippen LogP contribution is -2.33. The third-order valence-electron chi connectivity index (χ3n) is 3.38. The first-order valence-corrected chi connectivity index (χ1v) is 8.71. The molecule has 2 rings (SSSR count). The van der Waals surface area contributed by atoms with Gasteiger partial charge in [-0.25, -0.2) is 8.78 Å². The minimum atomic E-state index is -0.643. The van der Waals surface area contributed by atoms with Crippen molar-refractivity contribution < 1.29 is 8.78 Å². The topological polar surface area (TPSA) is 62.1 Å². The van der Waals surface area contributed by atoms with Gasteiger partial charge in [-0.3, -0.25) is 0 Å². The van der Waals surface area contributed by atoms with E-state index in [1.807, 2.05) is 26.0 Å². The summed E-state index contributed by atoms with van der Waals surface area (Å²) in [6, 6.07) is 2.64. The molecule has 0 bridgehead atoms. The molecule has 1 aromatic rings. The minimum absolute atomic E-state index is 0.179. The van der Waals surface area contributed by atoms with Crippen molar-refractivity contribution in [2.45, 2.75) is 26.4 Å². The van der Waals surface area contributed by atoms with Crippen LogP contribution < -0.4 is 21.1 Å². The SMILES string of the molecule is CCCSNc1ccc(F)c(N/C=C(\C)C2=CNC(N)C=C2)c1F. The number of rotatable bonds is 7. The summed E-state index contributed by atoms with van der Waals surface area (Å²) < 4.78 is 31.3. The first kappa shape index (κ1) is 18.4. The van der Waals surface area contributed by atoms with E-state index < -0.39 is 11.6 Å². The third kappa shape index (κ3) is 4.75. The molecule has 0 amide bonds. The van der Waals surface area contributed by atoms with E-state index in [1.165, 1.54) is 24.1 Å². The Bertz CT molecular complexity index is 671. The van der Waals surface area contributed by atoms with Crippen LogP contribution in [0.2, 0.25) is 0 Å². The predicted octanol–water partition coefficient (Wildman–Crippen LogP) is 4.08. The first-order chi connectivity index (χ1) is 11.5. The van der Waals surface area contributed by atoms with Gasteiger partial charge in [0.1, 0.15) is 11.5 Å². The van der Waals surface area contributed by atoms with Gasteiger partial charge in [-0.1, -0.05) is 24.9 Å². The second-order valence-corrected chi connectivity index (χ2v) is 6.26. The standard InChI is InChI=1S/C17H22F2N4S/c1-3-8-24-23-14-6-5-13(18)17(16(14)19)22-9-11(2)12-4-7-15(20)21-10-12/h4-7,9-10,15,21-23H,3,8,20H2,1-2H3/b11-9+. The van der Waals surface area contributed by atoms with Crippen LogP contribution in [0.4, 0.5) is 20.2 Å². The van der Waals surface area contributed by atoms with Gasteiger partial charge in [0.25, 0.3) is 0 Å². The molecule has 0 fully saturated rings. The fourth-order valence-electron chi connectivity index (χ4n) is 2.00. The van der Waals surface area contributed by atoms with E-state index in [4.69, 9.17) is 5.73 Å². The van der Waals surface area contributed by atoms with E-state index in [2.05, 4.69) is 15.4 Å². The Hall–Kier alpha value is -1.99. The smallest absolute Gasteiger partial charge is 0.173 e. The van der Waals surface area contributed by atoms with Crippen molar-refractivity contribution in [1.82, 2.24) is 5.32 Å². The summed E-state index contributed by atoms with van der Waals surface area (Å²) in [5, 5.41) is 5.70. The Kier molecular flexibility index (Phi) is 6.69. The van der Waals surface area contributed by atoms with Gasteiger partial charge in [0.2, 0.25) is 0 Å². The third-order valence-corrected chi connectivity index (χ3v) is 4.36. The predicted molar refractivity (Wildman–Crippen MR) is 98.4 cm³/mol. The second-order valence-electron chi connectivity index (χ2n) is 5.36. The lowest BCUT2D eigenvalue weighted by atomic mass is 10.1. The summed E-state index contributed by atoms with van der Waals surface area (Å²) in [7, 11) is 0. The quantitative estimate of drug-likeness (QED) is 0.440. The molecule has 7 heteroatoms. The van der Waals surface area contributed by atoms with Crippen molar-refractivity contribution in [3.63, 3.8) is 0 Å². The Morgan fingerprint density at radius 2 is 2.21 bits per heavy atom. The van der Waals surface area contributed by atoms with E-state index in [0.717, 1.165) is 23.3 Å². The molecular formula is C17H22F2N4S. The van der Waals surface area contributed by atoms with Crippen molar-refractivity contribution in [3.8, 4) is 0 Å². The molecule has 0 aliphatic carbocycles. The number of benzene rings is 1. The molecule has 4 nitrogen and oxygen atoms in total. The summed E-state index contributed by atoms with van der Waals surface area (Å²) in [5.41, 5.74) is 7.47. The Labute approximate surface area is 145 Å². The Morgan fingerprint density at radius 3 is 2.88 bits per heavy atom. The molecule has 1 aliphatic heterocycles. The van der Waals surface area contributed by atoms with E-state index in [1.54, 1.807) is 12.4 Å². The highest BCUT2D eigenvalue weighted by Gasteiger charge is 2.13. The monoisotopic (exact) mass is 352 g/mol. The van der Waals surface area contributed by atoms with Gasteiger partial charge >= 0.3 is 0 Å². The van der Waals surface area contributed by atoms with E-state index in [0.29, 0.717) is 0 Å². The zero-order valence-corrected chi connectivity index (χ0v) is 14.5. The highest BCUT2D eigenvalue weighted by molar-refractivity contribution is 8.00. The largest absolute Gasteiger partial charge is 0.372 e. The molecule has 1 aromatic carbocycles. The second kappa shape index (κ2) is 8.75. The van der Waals surface area contributed by atoms with Crippen molar-refractivity contribution in [2.75, 3.05) is 15.8 Å². The fourth-order valence-corrected chi connectivity index (χ4v) is 2.62. The molecule has 0 saturated heterocycles. The van der Waals surface area contributed by atoms with Crippen LogP contribution in [0.25, 0.3) is 0 Å². The number of hydrogen-bond donors (Lipinski definition) is 4. The van der Waals surface area contributed by atoms with E-state index in [-0.39, 0.29) is 17.5 Å². The van der Waals surface area contributed by atoms with Gasteiger partial charge in [0.15, 0.2) is 5.82 Å². The number of nitrogens with one attached hydrogen (secondary N) is 3. The molecule has 0 aromatic heterocycles. The Morgan fingerprint density at radius 1 is 1.42 bits per heavy atom. The number of anilines is 2. The van der Waals surface area contributed by atoms with Crippen LogP contribution in [-0.2, 0) is 0 Å². The molecule has 0 saturated carbocycles. The number of halogens is 2.